The first kappa shape index (κ1) is 17.7. The van der Waals surface area contributed by atoms with Crippen molar-refractivity contribution in [3.8, 4) is 0 Å². The number of thioether (sulfide) groups is 1. The molecule has 6 heteroatoms. The Labute approximate surface area is 128 Å². The van der Waals surface area contributed by atoms with Crippen LogP contribution in [0.2, 0.25) is 0 Å². The first-order chi connectivity index (χ1) is 9.95. The average Bonchev–Trinajstić information content (AvgIpc) is 2.45. The van der Waals surface area contributed by atoms with Crippen LogP contribution in [0.4, 0.5) is 0 Å². The van der Waals surface area contributed by atoms with Crippen molar-refractivity contribution in [3.05, 3.63) is 29.8 Å². The van der Waals surface area contributed by atoms with Crippen molar-refractivity contribution in [2.24, 2.45) is 0 Å². The molecule has 0 spiro atoms. The number of hydrogen-bond acceptors (Lipinski definition) is 6. The van der Waals surface area contributed by atoms with Gasteiger partial charge in [-0.05, 0) is 19.9 Å². The molecule has 0 radical (unpaired) electrons. The highest BCUT2D eigenvalue weighted by Gasteiger charge is 2.18. The number of Topliss-reactive ketones (excluding diaryl/α,β-unsaturated/α-hetero) is 1. The molecule has 1 aromatic carbocycles. The third-order valence-electron chi connectivity index (χ3n) is 2.88. The molecule has 1 rings (SSSR count). The summed E-state index contributed by atoms with van der Waals surface area (Å²) >= 11 is 1.54. The van der Waals surface area contributed by atoms with Gasteiger partial charge in [0.05, 0.1) is 13.2 Å². The first-order valence-electron chi connectivity index (χ1n) is 6.57. The van der Waals surface area contributed by atoms with Crippen molar-refractivity contribution in [2.45, 2.75) is 37.0 Å². The molecule has 2 atom stereocenters. The molecule has 0 aromatic heterocycles. The van der Waals surface area contributed by atoms with Crippen LogP contribution in [0.15, 0.2) is 29.2 Å². The molecule has 0 N–H and O–H groups in total. The zero-order valence-corrected chi connectivity index (χ0v) is 13.4. The Hall–Kier alpha value is -1.37. The van der Waals surface area contributed by atoms with Gasteiger partial charge in [0.1, 0.15) is 6.61 Å². The summed E-state index contributed by atoms with van der Waals surface area (Å²) in [7, 11) is 1.26. The monoisotopic (exact) mass is 312 g/mol. The molecule has 0 aliphatic heterocycles. The molecule has 21 heavy (non-hydrogen) atoms. The lowest BCUT2D eigenvalue weighted by Crippen LogP contribution is -2.24. The first-order valence-corrected chi connectivity index (χ1v) is 7.45. The van der Waals surface area contributed by atoms with E-state index in [1.807, 2.05) is 32.0 Å². The minimum atomic E-state index is -0.578. The van der Waals surface area contributed by atoms with Crippen molar-refractivity contribution in [1.82, 2.24) is 0 Å². The summed E-state index contributed by atoms with van der Waals surface area (Å²) < 4.78 is 5.43. The summed E-state index contributed by atoms with van der Waals surface area (Å²) in [5, 5.41) is 0.0702. The molecule has 0 fully saturated rings. The summed E-state index contributed by atoms with van der Waals surface area (Å²) in [4.78, 5) is 32.2. The number of carbonyl (C=O) groups is 2. The van der Waals surface area contributed by atoms with Crippen molar-refractivity contribution in [3.63, 3.8) is 0 Å². The molecular formula is C15H20O5S. The van der Waals surface area contributed by atoms with Crippen molar-refractivity contribution < 1.29 is 24.1 Å². The van der Waals surface area contributed by atoms with E-state index in [0.717, 1.165) is 4.90 Å². The van der Waals surface area contributed by atoms with E-state index in [2.05, 4.69) is 9.78 Å². The van der Waals surface area contributed by atoms with Crippen LogP contribution in [0.25, 0.3) is 0 Å². The fourth-order valence-electron chi connectivity index (χ4n) is 1.61. The Balaban J connectivity index is 2.58. The lowest BCUT2D eigenvalue weighted by atomic mass is 10.1. The van der Waals surface area contributed by atoms with Crippen LogP contribution in [-0.4, -0.2) is 36.8 Å². The molecule has 0 aliphatic rings. The fourth-order valence-corrected chi connectivity index (χ4v) is 2.77. The smallest absolute Gasteiger partial charge is 0.366 e. The molecule has 116 valence electrons. The fraction of sp³-hybridized carbons (Fsp3) is 0.467. The number of ketones is 1. The zero-order chi connectivity index (χ0) is 15.8. The highest BCUT2D eigenvalue weighted by Crippen LogP contribution is 2.29. The Morgan fingerprint density at radius 1 is 1.24 bits per heavy atom. The van der Waals surface area contributed by atoms with Crippen molar-refractivity contribution in [1.29, 1.82) is 0 Å². The van der Waals surface area contributed by atoms with Crippen LogP contribution < -0.4 is 0 Å². The van der Waals surface area contributed by atoms with Gasteiger partial charge in [-0.3, -0.25) is 9.68 Å². The normalized spacial score (nSPS) is 13.5. The van der Waals surface area contributed by atoms with E-state index in [4.69, 9.17) is 4.74 Å². The number of benzene rings is 1. The third kappa shape index (κ3) is 5.87. The SMILES string of the molecule is COOC(=O)CO[C@@H](C)C(C)Sc1ccccc1C(C)=O. The molecule has 0 aliphatic carbocycles. The molecular weight excluding hydrogens is 292 g/mol. The predicted octanol–water partition coefficient (Wildman–Crippen LogP) is 2.88. The zero-order valence-electron chi connectivity index (χ0n) is 12.6. The van der Waals surface area contributed by atoms with Gasteiger partial charge in [-0.25, -0.2) is 4.79 Å². The highest BCUT2D eigenvalue weighted by molar-refractivity contribution is 8.00. The minimum absolute atomic E-state index is 0.0301. The van der Waals surface area contributed by atoms with E-state index in [0.29, 0.717) is 5.56 Å². The second kappa shape index (κ2) is 8.81. The molecule has 1 aromatic rings. The van der Waals surface area contributed by atoms with Gasteiger partial charge in [-0.15, -0.1) is 11.8 Å². The number of carbonyl (C=O) groups excluding carboxylic acids is 2. The molecule has 0 bridgehead atoms. The number of ether oxygens (including phenoxy) is 1. The van der Waals surface area contributed by atoms with E-state index < -0.39 is 5.97 Å². The van der Waals surface area contributed by atoms with Crippen molar-refractivity contribution >= 4 is 23.5 Å². The topological polar surface area (TPSA) is 61.8 Å². The Kier molecular flexibility index (Phi) is 7.42. The summed E-state index contributed by atoms with van der Waals surface area (Å²) in [5.74, 6) is -0.548. The van der Waals surface area contributed by atoms with Gasteiger partial charge in [0, 0.05) is 15.7 Å². The van der Waals surface area contributed by atoms with Crippen LogP contribution in [0, 0.1) is 0 Å². The molecule has 0 saturated carbocycles. The van der Waals surface area contributed by atoms with E-state index >= 15 is 0 Å². The number of hydrogen-bond donors (Lipinski definition) is 0. The number of rotatable bonds is 8. The summed E-state index contributed by atoms with van der Waals surface area (Å²) in [6.45, 7) is 5.22. The van der Waals surface area contributed by atoms with Gasteiger partial charge in [-0.2, -0.15) is 4.89 Å². The summed E-state index contributed by atoms with van der Waals surface area (Å²) in [6, 6.07) is 7.44. The quantitative estimate of drug-likeness (QED) is 0.318. The maximum absolute atomic E-state index is 11.6. The Morgan fingerprint density at radius 3 is 2.52 bits per heavy atom. The average molecular weight is 312 g/mol. The lowest BCUT2D eigenvalue weighted by molar-refractivity contribution is -0.258. The minimum Gasteiger partial charge on any atom is -0.366 e. The van der Waals surface area contributed by atoms with Gasteiger partial charge in [0.2, 0.25) is 0 Å². The maximum Gasteiger partial charge on any atom is 0.367 e. The standard InChI is InChI=1S/C15H20O5S/c1-10(16)13-7-5-6-8-14(13)21-12(3)11(2)19-9-15(17)20-18-4/h5-8,11-12H,9H2,1-4H3/t11-,12?/m0/s1. The second-order valence-corrected chi connectivity index (χ2v) is 5.93. The second-order valence-electron chi connectivity index (χ2n) is 4.51. The van der Waals surface area contributed by atoms with Crippen LogP contribution in [0.5, 0.6) is 0 Å². The van der Waals surface area contributed by atoms with E-state index in [1.54, 1.807) is 24.8 Å². The predicted molar refractivity (Wildman–Crippen MR) is 80.3 cm³/mol. The highest BCUT2D eigenvalue weighted by atomic mass is 32.2. The Morgan fingerprint density at radius 2 is 1.90 bits per heavy atom. The summed E-state index contributed by atoms with van der Waals surface area (Å²) in [6.07, 6.45) is -0.181. The van der Waals surface area contributed by atoms with Gasteiger partial charge >= 0.3 is 5.97 Å². The van der Waals surface area contributed by atoms with Crippen LogP contribution in [-0.2, 0) is 19.3 Å². The van der Waals surface area contributed by atoms with Gasteiger partial charge in [0.25, 0.3) is 0 Å². The van der Waals surface area contributed by atoms with E-state index in [1.165, 1.54) is 7.11 Å². The van der Waals surface area contributed by atoms with Crippen molar-refractivity contribution in [2.75, 3.05) is 13.7 Å². The Bertz CT molecular complexity index is 489. The summed E-state index contributed by atoms with van der Waals surface area (Å²) in [5.41, 5.74) is 0.695. The van der Waals surface area contributed by atoms with Gasteiger partial charge in [0.15, 0.2) is 5.78 Å². The molecule has 1 unspecified atom stereocenters. The molecule has 0 saturated heterocycles. The van der Waals surface area contributed by atoms with Crippen LogP contribution >= 0.6 is 11.8 Å². The maximum atomic E-state index is 11.6. The van der Waals surface area contributed by atoms with Gasteiger partial charge in [-0.1, -0.05) is 25.1 Å². The molecule has 5 nitrogen and oxygen atoms in total. The molecule has 0 heterocycles. The third-order valence-corrected chi connectivity index (χ3v) is 4.25. The molecule has 0 amide bonds. The van der Waals surface area contributed by atoms with Crippen LogP contribution in [0.1, 0.15) is 31.1 Å². The van der Waals surface area contributed by atoms with Crippen LogP contribution in [0.3, 0.4) is 0 Å². The van der Waals surface area contributed by atoms with Gasteiger partial charge < -0.3 is 4.74 Å². The lowest BCUT2D eigenvalue weighted by Gasteiger charge is -2.20. The van der Waals surface area contributed by atoms with E-state index in [9.17, 15) is 9.59 Å². The van der Waals surface area contributed by atoms with E-state index in [-0.39, 0.29) is 23.7 Å². The largest absolute Gasteiger partial charge is 0.367 e.